The van der Waals surface area contributed by atoms with Gasteiger partial charge in [-0.1, -0.05) is 12.1 Å². The Morgan fingerprint density at radius 3 is 2.52 bits per heavy atom. The van der Waals surface area contributed by atoms with Gasteiger partial charge >= 0.3 is 0 Å². The molecule has 1 aliphatic rings. The molecule has 5 nitrogen and oxygen atoms in total. The highest BCUT2D eigenvalue weighted by Crippen LogP contribution is 2.25. The van der Waals surface area contributed by atoms with Gasteiger partial charge in [0.15, 0.2) is 0 Å². The highest BCUT2D eigenvalue weighted by Gasteiger charge is 2.22. The van der Waals surface area contributed by atoms with E-state index in [-0.39, 0.29) is 11.9 Å². The second-order valence-corrected chi connectivity index (χ2v) is 6.35. The van der Waals surface area contributed by atoms with Crippen LogP contribution in [-0.4, -0.2) is 66.2 Å². The minimum absolute atomic E-state index is 0.0773. The van der Waals surface area contributed by atoms with Crippen molar-refractivity contribution in [1.82, 2.24) is 19.8 Å². The molecule has 1 aromatic carbocycles. The van der Waals surface area contributed by atoms with Crippen LogP contribution < -0.4 is 0 Å². The summed E-state index contributed by atoms with van der Waals surface area (Å²) < 4.78 is 18.7. The monoisotopic (exact) mass is 344 g/mol. The summed E-state index contributed by atoms with van der Waals surface area (Å²) in [5, 5.41) is 0. The number of nitrogens with zero attached hydrogens (tertiary/aromatic N) is 4. The van der Waals surface area contributed by atoms with Crippen molar-refractivity contribution >= 4 is 0 Å². The van der Waals surface area contributed by atoms with E-state index in [4.69, 9.17) is 4.74 Å². The first-order valence-electron chi connectivity index (χ1n) is 8.77. The molecule has 0 amide bonds. The average Bonchev–Trinajstić information content (AvgIpc) is 2.65. The molecule has 0 saturated carbocycles. The van der Waals surface area contributed by atoms with Crippen molar-refractivity contribution in [2.24, 2.45) is 0 Å². The molecule has 2 aromatic rings. The number of ether oxygens (including phenoxy) is 1. The first-order chi connectivity index (χ1) is 12.2. The van der Waals surface area contributed by atoms with Crippen molar-refractivity contribution in [3.63, 3.8) is 0 Å². The van der Waals surface area contributed by atoms with Gasteiger partial charge in [-0.3, -0.25) is 9.80 Å². The third-order valence-electron chi connectivity index (χ3n) is 4.55. The molecule has 1 atom stereocenters. The van der Waals surface area contributed by atoms with Gasteiger partial charge in [-0.05, 0) is 43.8 Å². The summed E-state index contributed by atoms with van der Waals surface area (Å²) in [7, 11) is 2.07. The summed E-state index contributed by atoms with van der Waals surface area (Å²) >= 11 is 0. The smallest absolute Gasteiger partial charge is 0.149 e. The summed E-state index contributed by atoms with van der Waals surface area (Å²) in [6.07, 6.45) is 4.56. The number of morpholine rings is 1. The maximum atomic E-state index is 13.3. The molecule has 0 radical (unpaired) electrons. The Bertz CT molecular complexity index is 632. The van der Waals surface area contributed by atoms with E-state index >= 15 is 0 Å². The van der Waals surface area contributed by atoms with Gasteiger partial charge in [-0.2, -0.15) is 0 Å². The number of hydrogen-bond donors (Lipinski definition) is 0. The fraction of sp³-hybridized carbons (Fsp3) is 0.474. The minimum atomic E-state index is -0.230. The fourth-order valence-corrected chi connectivity index (χ4v) is 3.20. The van der Waals surface area contributed by atoms with E-state index in [2.05, 4.69) is 26.8 Å². The number of benzene rings is 1. The zero-order valence-electron chi connectivity index (χ0n) is 14.6. The molecule has 1 aliphatic heterocycles. The van der Waals surface area contributed by atoms with Crippen molar-refractivity contribution in [1.29, 1.82) is 0 Å². The van der Waals surface area contributed by atoms with Crippen molar-refractivity contribution in [2.45, 2.75) is 12.5 Å². The molecule has 1 saturated heterocycles. The lowest BCUT2D eigenvalue weighted by atomic mass is 10.0. The topological polar surface area (TPSA) is 41.5 Å². The van der Waals surface area contributed by atoms with Crippen LogP contribution in [0.5, 0.6) is 0 Å². The van der Waals surface area contributed by atoms with Crippen LogP contribution in [0.2, 0.25) is 0 Å². The second kappa shape index (κ2) is 8.99. The van der Waals surface area contributed by atoms with Crippen molar-refractivity contribution in [3.8, 4) is 0 Å². The summed E-state index contributed by atoms with van der Waals surface area (Å²) in [6, 6.07) is 8.35. The molecule has 0 aliphatic carbocycles. The van der Waals surface area contributed by atoms with E-state index in [1.54, 1.807) is 12.4 Å². The van der Waals surface area contributed by atoms with Crippen LogP contribution in [0.3, 0.4) is 0 Å². The normalized spacial score (nSPS) is 16.9. The zero-order valence-corrected chi connectivity index (χ0v) is 14.6. The largest absolute Gasteiger partial charge is 0.379 e. The van der Waals surface area contributed by atoms with Crippen molar-refractivity contribution in [3.05, 3.63) is 59.9 Å². The van der Waals surface area contributed by atoms with Gasteiger partial charge in [-0.15, -0.1) is 0 Å². The third kappa shape index (κ3) is 5.04. The number of rotatable bonds is 7. The Balaban J connectivity index is 1.66. The van der Waals surface area contributed by atoms with Gasteiger partial charge in [0.2, 0.25) is 0 Å². The highest BCUT2D eigenvalue weighted by molar-refractivity contribution is 5.25. The fourth-order valence-electron chi connectivity index (χ4n) is 3.20. The molecule has 0 bridgehead atoms. The highest BCUT2D eigenvalue weighted by atomic mass is 19.1. The van der Waals surface area contributed by atoms with Crippen LogP contribution in [0.4, 0.5) is 4.39 Å². The first kappa shape index (κ1) is 17.9. The van der Waals surface area contributed by atoms with Crippen LogP contribution in [0.25, 0.3) is 0 Å². The van der Waals surface area contributed by atoms with Gasteiger partial charge in [-0.25, -0.2) is 14.4 Å². The van der Waals surface area contributed by atoms with E-state index in [0.717, 1.165) is 57.2 Å². The SMILES string of the molecule is CN(CCCN1CCOCC1)[C@H](c1ccc(F)cc1)c1ncccn1. The van der Waals surface area contributed by atoms with Crippen LogP contribution in [0.15, 0.2) is 42.7 Å². The Labute approximate surface area is 148 Å². The Kier molecular flexibility index (Phi) is 6.44. The molecule has 0 unspecified atom stereocenters. The molecular weight excluding hydrogens is 319 g/mol. The van der Waals surface area contributed by atoms with Crippen molar-refractivity contribution in [2.75, 3.05) is 46.4 Å². The quantitative estimate of drug-likeness (QED) is 0.771. The average molecular weight is 344 g/mol. The second-order valence-electron chi connectivity index (χ2n) is 6.35. The van der Waals surface area contributed by atoms with Gasteiger partial charge in [0.25, 0.3) is 0 Å². The molecule has 134 valence electrons. The molecule has 1 aromatic heterocycles. The van der Waals surface area contributed by atoms with Gasteiger partial charge in [0.05, 0.1) is 19.3 Å². The summed E-state index contributed by atoms with van der Waals surface area (Å²) in [6.45, 7) is 5.63. The summed E-state index contributed by atoms with van der Waals surface area (Å²) in [5.41, 5.74) is 1.00. The lowest BCUT2D eigenvalue weighted by molar-refractivity contribution is 0.0360. The molecule has 6 heteroatoms. The maximum Gasteiger partial charge on any atom is 0.149 e. The molecule has 25 heavy (non-hydrogen) atoms. The molecule has 3 rings (SSSR count). The lowest BCUT2D eigenvalue weighted by Gasteiger charge is -2.30. The molecule has 0 N–H and O–H groups in total. The van der Waals surface area contributed by atoms with Crippen LogP contribution in [-0.2, 0) is 4.74 Å². The van der Waals surface area contributed by atoms with E-state index < -0.39 is 0 Å². The predicted molar refractivity (Wildman–Crippen MR) is 94.8 cm³/mol. The summed E-state index contributed by atoms with van der Waals surface area (Å²) in [5.74, 6) is 0.509. The van der Waals surface area contributed by atoms with Crippen LogP contribution in [0.1, 0.15) is 23.9 Å². The van der Waals surface area contributed by atoms with Gasteiger partial charge in [0, 0.05) is 32.0 Å². The Hall–Kier alpha value is -1.89. The molecular formula is C19H25FN4O. The van der Waals surface area contributed by atoms with Gasteiger partial charge in [0.1, 0.15) is 11.6 Å². The van der Waals surface area contributed by atoms with E-state index in [0.29, 0.717) is 0 Å². The maximum absolute atomic E-state index is 13.3. The molecule has 0 spiro atoms. The van der Waals surface area contributed by atoms with E-state index in [9.17, 15) is 4.39 Å². The molecule has 2 heterocycles. The number of aromatic nitrogens is 2. The van der Waals surface area contributed by atoms with Gasteiger partial charge < -0.3 is 4.74 Å². The van der Waals surface area contributed by atoms with Crippen LogP contribution >= 0.6 is 0 Å². The predicted octanol–water partition coefficient (Wildman–Crippen LogP) is 2.36. The zero-order chi connectivity index (χ0) is 17.5. The summed E-state index contributed by atoms with van der Waals surface area (Å²) in [4.78, 5) is 13.5. The lowest BCUT2D eigenvalue weighted by Crippen LogP contribution is -2.38. The number of hydrogen-bond acceptors (Lipinski definition) is 5. The first-order valence-corrected chi connectivity index (χ1v) is 8.77. The van der Waals surface area contributed by atoms with Crippen LogP contribution in [0, 0.1) is 5.82 Å². The minimum Gasteiger partial charge on any atom is -0.379 e. The van der Waals surface area contributed by atoms with Crippen molar-refractivity contribution < 1.29 is 9.13 Å². The Morgan fingerprint density at radius 2 is 1.84 bits per heavy atom. The van der Waals surface area contributed by atoms with E-state index in [1.807, 2.05) is 18.2 Å². The third-order valence-corrected chi connectivity index (χ3v) is 4.55. The Morgan fingerprint density at radius 1 is 1.16 bits per heavy atom. The standard InChI is InChI=1S/C19H25FN4O/c1-23(10-3-11-24-12-14-25-15-13-24)18(19-21-8-2-9-22-19)16-4-6-17(20)7-5-16/h2,4-9,18H,3,10-15H2,1H3/t18-/m1/s1. The molecule has 1 fully saturated rings. The number of halogens is 1. The van der Waals surface area contributed by atoms with E-state index in [1.165, 1.54) is 12.1 Å².